The molecule has 27 heavy (non-hydrogen) atoms. The number of carbonyl (C=O) groups excluding carboxylic acids is 3. The summed E-state index contributed by atoms with van der Waals surface area (Å²) >= 11 is 7.51. The highest BCUT2D eigenvalue weighted by Gasteiger charge is 2.28. The molecule has 11 heteroatoms. The molecule has 146 valence electrons. The molecule has 8 nitrogen and oxygen atoms in total. The third-order valence-corrected chi connectivity index (χ3v) is 6.57. The van der Waals surface area contributed by atoms with Gasteiger partial charge in [-0.2, -0.15) is 5.10 Å². The van der Waals surface area contributed by atoms with Gasteiger partial charge in [-0.1, -0.05) is 6.92 Å². The molecule has 2 heterocycles. The maximum absolute atomic E-state index is 12.6. The fraction of sp³-hybridized carbons (Fsp3) is 0.375. The Morgan fingerprint density at radius 3 is 2.48 bits per heavy atom. The number of H-pyrrole nitrogens is 1. The first-order valence-electron chi connectivity index (χ1n) is 7.91. The van der Waals surface area contributed by atoms with E-state index in [4.69, 9.17) is 4.74 Å². The first-order valence-corrected chi connectivity index (χ1v) is 10.3. The number of halogens is 2. The molecular formula is C16H18Br2N4O4S. The van der Waals surface area contributed by atoms with Crippen molar-refractivity contribution in [1.82, 2.24) is 15.1 Å². The molecule has 0 aliphatic rings. The van der Waals surface area contributed by atoms with Gasteiger partial charge in [0.05, 0.1) is 21.5 Å². The van der Waals surface area contributed by atoms with Crippen LogP contribution in [0.15, 0.2) is 9.08 Å². The highest BCUT2D eigenvalue weighted by atomic mass is 79.9. The molecule has 0 bridgehead atoms. The highest BCUT2D eigenvalue weighted by Crippen LogP contribution is 2.35. The Morgan fingerprint density at radius 1 is 1.30 bits per heavy atom. The van der Waals surface area contributed by atoms with Gasteiger partial charge in [-0.05, 0) is 50.8 Å². The van der Waals surface area contributed by atoms with Crippen LogP contribution in [-0.4, -0.2) is 53.6 Å². The molecule has 2 amide bonds. The number of amides is 2. The van der Waals surface area contributed by atoms with E-state index in [2.05, 4.69) is 47.4 Å². The van der Waals surface area contributed by atoms with Crippen molar-refractivity contribution < 1.29 is 19.1 Å². The predicted molar refractivity (Wildman–Crippen MR) is 110 cm³/mol. The average molecular weight is 522 g/mol. The van der Waals surface area contributed by atoms with E-state index in [0.717, 1.165) is 11.3 Å². The summed E-state index contributed by atoms with van der Waals surface area (Å²) in [4.78, 5) is 39.3. The van der Waals surface area contributed by atoms with Crippen LogP contribution in [0.4, 0.5) is 5.00 Å². The number of nitrogens with zero attached hydrogens (tertiary/aromatic N) is 2. The number of hydrogen-bond donors (Lipinski definition) is 2. The van der Waals surface area contributed by atoms with E-state index in [9.17, 15) is 14.4 Å². The van der Waals surface area contributed by atoms with Gasteiger partial charge >= 0.3 is 5.97 Å². The second kappa shape index (κ2) is 8.98. The third kappa shape index (κ3) is 4.58. The Balaban J connectivity index is 2.45. The van der Waals surface area contributed by atoms with Gasteiger partial charge in [0.1, 0.15) is 9.60 Å². The Labute approximate surface area is 176 Å². The lowest BCUT2D eigenvalue weighted by Crippen LogP contribution is -2.21. The van der Waals surface area contributed by atoms with Crippen molar-refractivity contribution in [3.05, 3.63) is 30.8 Å². The molecule has 0 atom stereocenters. The molecule has 0 unspecified atom stereocenters. The van der Waals surface area contributed by atoms with Gasteiger partial charge in [-0.3, -0.25) is 14.7 Å². The van der Waals surface area contributed by atoms with Gasteiger partial charge < -0.3 is 15.0 Å². The predicted octanol–water partition coefficient (Wildman–Crippen LogP) is 3.83. The maximum Gasteiger partial charge on any atom is 0.341 e. The number of anilines is 1. The number of aromatic nitrogens is 2. The number of aromatic amines is 1. The summed E-state index contributed by atoms with van der Waals surface area (Å²) in [7, 11) is 3.24. The topological polar surface area (TPSA) is 104 Å². The minimum atomic E-state index is -0.582. The Hall–Kier alpha value is -1.72. The summed E-state index contributed by atoms with van der Waals surface area (Å²) < 4.78 is 6.19. The van der Waals surface area contributed by atoms with Crippen molar-refractivity contribution in [2.75, 3.05) is 26.0 Å². The third-order valence-electron chi connectivity index (χ3n) is 3.50. The monoisotopic (exact) mass is 520 g/mol. The lowest BCUT2D eigenvalue weighted by molar-refractivity contribution is 0.0506. The number of esters is 1. The quantitative estimate of drug-likeness (QED) is 0.562. The van der Waals surface area contributed by atoms with Crippen molar-refractivity contribution in [2.45, 2.75) is 20.3 Å². The van der Waals surface area contributed by atoms with Crippen LogP contribution >= 0.6 is 43.2 Å². The summed E-state index contributed by atoms with van der Waals surface area (Å²) in [6, 6.07) is 0. The van der Waals surface area contributed by atoms with Gasteiger partial charge in [0.2, 0.25) is 0 Å². The minimum Gasteiger partial charge on any atom is -0.462 e. The molecule has 0 saturated heterocycles. The van der Waals surface area contributed by atoms with Gasteiger partial charge in [-0.15, -0.1) is 11.3 Å². The maximum atomic E-state index is 12.6. The van der Waals surface area contributed by atoms with Gasteiger partial charge in [-0.25, -0.2) is 4.79 Å². The van der Waals surface area contributed by atoms with Crippen LogP contribution in [0.1, 0.15) is 49.4 Å². The van der Waals surface area contributed by atoms with Crippen molar-refractivity contribution in [2.24, 2.45) is 0 Å². The van der Waals surface area contributed by atoms with E-state index < -0.39 is 11.9 Å². The SMILES string of the molecule is CCCOC(=O)c1c(NC(=O)c2n[nH]c(Br)c2Br)sc(C(=O)N(C)C)c1C. The zero-order chi connectivity index (χ0) is 20.3. The molecule has 0 aliphatic carbocycles. The lowest BCUT2D eigenvalue weighted by Gasteiger charge is -2.09. The molecular weight excluding hydrogens is 504 g/mol. The van der Waals surface area contributed by atoms with Crippen molar-refractivity contribution in [1.29, 1.82) is 0 Å². The molecule has 0 radical (unpaired) electrons. The number of rotatable bonds is 6. The fourth-order valence-corrected chi connectivity index (χ4v) is 3.99. The zero-order valence-corrected chi connectivity index (χ0v) is 19.1. The van der Waals surface area contributed by atoms with Gasteiger partial charge in [0, 0.05) is 14.1 Å². The molecule has 2 N–H and O–H groups in total. The van der Waals surface area contributed by atoms with Crippen LogP contribution in [0.2, 0.25) is 0 Å². The summed E-state index contributed by atoms with van der Waals surface area (Å²) in [6.45, 7) is 3.78. The number of ether oxygens (including phenoxy) is 1. The lowest BCUT2D eigenvalue weighted by atomic mass is 10.1. The van der Waals surface area contributed by atoms with Crippen molar-refractivity contribution >= 4 is 66.0 Å². The first-order chi connectivity index (χ1) is 12.7. The van der Waals surface area contributed by atoms with Crippen LogP contribution in [-0.2, 0) is 4.74 Å². The Morgan fingerprint density at radius 2 is 1.96 bits per heavy atom. The molecule has 2 rings (SSSR count). The molecule has 0 aromatic carbocycles. The fourth-order valence-electron chi connectivity index (χ4n) is 2.14. The van der Waals surface area contributed by atoms with E-state index in [1.54, 1.807) is 21.0 Å². The largest absolute Gasteiger partial charge is 0.462 e. The number of thiophene rings is 1. The van der Waals surface area contributed by atoms with Crippen LogP contribution in [0.3, 0.4) is 0 Å². The van der Waals surface area contributed by atoms with Gasteiger partial charge in [0.15, 0.2) is 5.69 Å². The first kappa shape index (κ1) is 21.6. The minimum absolute atomic E-state index is 0.112. The number of hydrogen-bond acceptors (Lipinski definition) is 6. The summed E-state index contributed by atoms with van der Waals surface area (Å²) in [5.41, 5.74) is 0.761. The van der Waals surface area contributed by atoms with E-state index in [0.29, 0.717) is 25.9 Å². The van der Waals surface area contributed by atoms with E-state index in [1.165, 1.54) is 4.90 Å². The second-order valence-electron chi connectivity index (χ2n) is 5.75. The number of nitrogens with one attached hydrogen (secondary N) is 2. The average Bonchev–Trinajstić information content (AvgIpc) is 3.12. The highest BCUT2D eigenvalue weighted by molar-refractivity contribution is 9.13. The molecule has 2 aromatic rings. The molecule has 0 aliphatic heterocycles. The number of carbonyl (C=O) groups is 3. The standard InChI is InChI=1S/C16H18Br2N4O4S/c1-5-6-26-16(25)8-7(2)11(15(24)22(3)4)27-14(8)19-13(23)10-9(17)12(18)21-20-10/h5-6H2,1-4H3,(H,19,23)(H,20,21). The molecule has 2 aromatic heterocycles. The Kier molecular flexibility index (Phi) is 7.18. The molecule has 0 saturated carbocycles. The van der Waals surface area contributed by atoms with E-state index in [-0.39, 0.29) is 28.8 Å². The summed E-state index contributed by atoms with van der Waals surface area (Å²) in [5.74, 6) is -1.37. The van der Waals surface area contributed by atoms with E-state index in [1.807, 2.05) is 6.92 Å². The normalized spacial score (nSPS) is 10.6. The summed E-state index contributed by atoms with van der Waals surface area (Å²) in [6.07, 6.45) is 0.661. The smallest absolute Gasteiger partial charge is 0.341 e. The van der Waals surface area contributed by atoms with Crippen LogP contribution in [0.5, 0.6) is 0 Å². The van der Waals surface area contributed by atoms with Crippen molar-refractivity contribution in [3.8, 4) is 0 Å². The summed E-state index contributed by atoms with van der Waals surface area (Å²) in [5, 5.41) is 9.45. The van der Waals surface area contributed by atoms with Crippen LogP contribution in [0, 0.1) is 6.92 Å². The zero-order valence-electron chi connectivity index (χ0n) is 15.1. The molecule has 0 spiro atoms. The van der Waals surface area contributed by atoms with Gasteiger partial charge in [0.25, 0.3) is 11.8 Å². The van der Waals surface area contributed by atoms with Crippen LogP contribution < -0.4 is 5.32 Å². The van der Waals surface area contributed by atoms with E-state index >= 15 is 0 Å². The Bertz CT molecular complexity index is 891. The second-order valence-corrected chi connectivity index (χ2v) is 8.36. The molecule has 0 fully saturated rings. The van der Waals surface area contributed by atoms with Crippen LogP contribution in [0.25, 0.3) is 0 Å². The van der Waals surface area contributed by atoms with Crippen molar-refractivity contribution in [3.63, 3.8) is 0 Å².